The van der Waals surface area contributed by atoms with E-state index in [0.717, 1.165) is 6.42 Å². The van der Waals surface area contributed by atoms with Crippen LogP contribution in [-0.2, 0) is 4.74 Å². The summed E-state index contributed by atoms with van der Waals surface area (Å²) in [5.74, 6) is 0.210. The smallest absolute Gasteiger partial charge is 0.257 e. The fourth-order valence-corrected chi connectivity index (χ4v) is 2.37. The van der Waals surface area contributed by atoms with Gasteiger partial charge >= 0.3 is 0 Å². The quantitative estimate of drug-likeness (QED) is 0.932. The van der Waals surface area contributed by atoms with Gasteiger partial charge in [-0.3, -0.25) is 10.1 Å². The summed E-state index contributed by atoms with van der Waals surface area (Å²) in [7, 11) is 0. The molecule has 0 spiro atoms. The molecule has 1 aliphatic heterocycles. The van der Waals surface area contributed by atoms with Crippen molar-refractivity contribution in [2.45, 2.75) is 12.5 Å². The second-order valence-corrected chi connectivity index (χ2v) is 5.17. The van der Waals surface area contributed by atoms with Crippen molar-refractivity contribution < 1.29 is 14.3 Å². The highest BCUT2D eigenvalue weighted by atomic mass is 32.1. The van der Waals surface area contributed by atoms with Crippen molar-refractivity contribution in [3.8, 4) is 5.88 Å². The summed E-state index contributed by atoms with van der Waals surface area (Å²) in [6.45, 7) is 1.27. The first kappa shape index (κ1) is 13.0. The van der Waals surface area contributed by atoms with Gasteiger partial charge in [-0.05, 0) is 6.07 Å². The van der Waals surface area contributed by atoms with E-state index in [-0.39, 0.29) is 12.0 Å². The molecule has 1 aliphatic rings. The molecule has 2 aromatic rings. The Kier molecular flexibility index (Phi) is 3.89. The number of rotatable bonds is 4. The van der Waals surface area contributed by atoms with Gasteiger partial charge in [0.15, 0.2) is 5.13 Å². The van der Waals surface area contributed by atoms with Gasteiger partial charge in [-0.25, -0.2) is 9.97 Å². The average Bonchev–Trinajstić information content (AvgIpc) is 3.12. The normalized spacial score (nSPS) is 17.9. The molecule has 3 heterocycles. The van der Waals surface area contributed by atoms with E-state index in [2.05, 4.69) is 15.3 Å². The molecule has 0 bridgehead atoms. The molecule has 20 heavy (non-hydrogen) atoms. The second kappa shape index (κ2) is 5.98. The van der Waals surface area contributed by atoms with Crippen LogP contribution in [0.25, 0.3) is 0 Å². The molecule has 2 aromatic heterocycles. The Bertz CT molecular complexity index is 582. The van der Waals surface area contributed by atoms with E-state index in [0.29, 0.717) is 29.8 Å². The maximum absolute atomic E-state index is 12.0. The maximum atomic E-state index is 12.0. The van der Waals surface area contributed by atoms with Crippen molar-refractivity contribution in [1.29, 1.82) is 0 Å². The number of aromatic nitrogens is 2. The zero-order valence-corrected chi connectivity index (χ0v) is 11.4. The highest BCUT2D eigenvalue weighted by Crippen LogP contribution is 2.17. The van der Waals surface area contributed by atoms with E-state index < -0.39 is 0 Å². The van der Waals surface area contributed by atoms with Crippen molar-refractivity contribution in [2.75, 3.05) is 18.5 Å². The molecule has 1 N–H and O–H groups in total. The summed E-state index contributed by atoms with van der Waals surface area (Å²) >= 11 is 1.37. The lowest BCUT2D eigenvalue weighted by Gasteiger charge is -2.11. The van der Waals surface area contributed by atoms with Crippen LogP contribution in [0, 0.1) is 0 Å². The number of hydrogen-bond donors (Lipinski definition) is 1. The molecule has 7 heteroatoms. The Hall–Kier alpha value is -1.99. The van der Waals surface area contributed by atoms with Crippen LogP contribution in [-0.4, -0.2) is 35.2 Å². The maximum Gasteiger partial charge on any atom is 0.257 e. The van der Waals surface area contributed by atoms with Gasteiger partial charge in [0.2, 0.25) is 5.88 Å². The molecular weight excluding hydrogens is 278 g/mol. The number of carbonyl (C=O) groups is 1. The Morgan fingerprint density at radius 3 is 3.15 bits per heavy atom. The minimum Gasteiger partial charge on any atom is -0.472 e. The molecule has 0 radical (unpaired) electrons. The van der Waals surface area contributed by atoms with E-state index in [1.54, 1.807) is 29.9 Å². The average molecular weight is 291 g/mol. The largest absolute Gasteiger partial charge is 0.472 e. The third-order valence-electron chi connectivity index (χ3n) is 2.83. The van der Waals surface area contributed by atoms with Crippen LogP contribution in [0.3, 0.4) is 0 Å². The topological polar surface area (TPSA) is 73.3 Å². The van der Waals surface area contributed by atoms with Crippen LogP contribution in [0.2, 0.25) is 0 Å². The molecule has 104 valence electrons. The SMILES string of the molecule is O=C(Nc1nccs1)c1ccnc(O[C@@H]2CCOC2)c1. The van der Waals surface area contributed by atoms with Crippen molar-refractivity contribution in [1.82, 2.24) is 9.97 Å². The molecule has 6 nitrogen and oxygen atoms in total. The standard InChI is InChI=1S/C13H13N3O3S/c17-12(16-13-15-4-6-20-13)9-1-3-14-11(7-9)19-10-2-5-18-8-10/h1,3-4,6-7,10H,2,5,8H2,(H,15,16,17)/t10-/m1/s1. The lowest BCUT2D eigenvalue weighted by Crippen LogP contribution is -2.17. The van der Waals surface area contributed by atoms with Crippen LogP contribution in [0.5, 0.6) is 5.88 Å². The molecule has 1 amide bonds. The number of nitrogens with one attached hydrogen (secondary N) is 1. The van der Waals surface area contributed by atoms with Crippen LogP contribution < -0.4 is 10.1 Å². The predicted molar refractivity (Wildman–Crippen MR) is 74.2 cm³/mol. The van der Waals surface area contributed by atoms with Gasteiger partial charge in [-0.1, -0.05) is 0 Å². The third-order valence-corrected chi connectivity index (χ3v) is 3.51. The molecule has 0 saturated carbocycles. The summed E-state index contributed by atoms with van der Waals surface area (Å²) in [6.07, 6.45) is 4.06. The lowest BCUT2D eigenvalue weighted by molar-refractivity contribution is 0.102. The Morgan fingerprint density at radius 2 is 2.40 bits per heavy atom. The highest BCUT2D eigenvalue weighted by molar-refractivity contribution is 7.13. The molecule has 0 aliphatic carbocycles. The molecule has 0 unspecified atom stereocenters. The van der Waals surface area contributed by atoms with Gasteiger partial charge in [-0.2, -0.15) is 0 Å². The van der Waals surface area contributed by atoms with Gasteiger partial charge in [0, 0.05) is 35.8 Å². The number of thiazole rings is 1. The summed E-state index contributed by atoms with van der Waals surface area (Å²) in [5, 5.41) is 5.09. The number of pyridine rings is 1. The molecule has 3 rings (SSSR count). The van der Waals surface area contributed by atoms with Gasteiger partial charge in [0.1, 0.15) is 6.10 Å². The van der Waals surface area contributed by atoms with Crippen LogP contribution in [0.15, 0.2) is 29.9 Å². The van der Waals surface area contributed by atoms with E-state index in [4.69, 9.17) is 9.47 Å². The first-order chi connectivity index (χ1) is 9.81. The first-order valence-corrected chi connectivity index (χ1v) is 7.10. The Morgan fingerprint density at radius 1 is 1.45 bits per heavy atom. The molecule has 1 atom stereocenters. The van der Waals surface area contributed by atoms with Crippen molar-refractivity contribution in [2.24, 2.45) is 0 Å². The van der Waals surface area contributed by atoms with Crippen LogP contribution in [0.4, 0.5) is 5.13 Å². The summed E-state index contributed by atoms with van der Waals surface area (Å²) in [4.78, 5) is 20.2. The summed E-state index contributed by atoms with van der Waals surface area (Å²) in [6, 6.07) is 3.27. The van der Waals surface area contributed by atoms with E-state index in [1.165, 1.54) is 11.3 Å². The fraction of sp³-hybridized carbons (Fsp3) is 0.308. The van der Waals surface area contributed by atoms with Crippen molar-refractivity contribution in [3.05, 3.63) is 35.5 Å². The minimum absolute atomic E-state index is 0.0137. The van der Waals surface area contributed by atoms with E-state index >= 15 is 0 Å². The minimum atomic E-state index is -0.227. The monoisotopic (exact) mass is 291 g/mol. The van der Waals surface area contributed by atoms with Gasteiger partial charge in [0.25, 0.3) is 5.91 Å². The van der Waals surface area contributed by atoms with E-state index in [1.807, 2.05) is 0 Å². The van der Waals surface area contributed by atoms with Gasteiger partial charge in [-0.15, -0.1) is 11.3 Å². The van der Waals surface area contributed by atoms with Gasteiger partial charge < -0.3 is 9.47 Å². The molecular formula is C13H13N3O3S. The Balaban J connectivity index is 1.68. The summed E-state index contributed by atoms with van der Waals surface area (Å²) in [5.41, 5.74) is 0.490. The van der Waals surface area contributed by atoms with Gasteiger partial charge in [0.05, 0.1) is 13.2 Å². The number of hydrogen-bond acceptors (Lipinski definition) is 6. The first-order valence-electron chi connectivity index (χ1n) is 6.22. The third kappa shape index (κ3) is 3.12. The van der Waals surface area contributed by atoms with Crippen LogP contribution in [0.1, 0.15) is 16.8 Å². The predicted octanol–water partition coefficient (Wildman–Crippen LogP) is 1.96. The zero-order valence-electron chi connectivity index (χ0n) is 10.6. The van der Waals surface area contributed by atoms with Crippen LogP contribution >= 0.6 is 11.3 Å². The number of carbonyl (C=O) groups excluding carboxylic acids is 1. The summed E-state index contributed by atoms with van der Waals surface area (Å²) < 4.78 is 10.9. The fourth-order valence-electron chi connectivity index (χ4n) is 1.85. The number of nitrogens with zero attached hydrogens (tertiary/aromatic N) is 2. The number of anilines is 1. The molecule has 1 fully saturated rings. The van der Waals surface area contributed by atoms with Crippen molar-refractivity contribution in [3.63, 3.8) is 0 Å². The lowest BCUT2D eigenvalue weighted by atomic mass is 10.2. The molecule has 0 aromatic carbocycles. The number of amides is 1. The van der Waals surface area contributed by atoms with Crippen molar-refractivity contribution >= 4 is 22.4 Å². The Labute approximate surface area is 119 Å². The zero-order chi connectivity index (χ0) is 13.8. The molecule has 1 saturated heterocycles. The number of ether oxygens (including phenoxy) is 2. The highest BCUT2D eigenvalue weighted by Gasteiger charge is 2.18. The second-order valence-electron chi connectivity index (χ2n) is 4.28. The van der Waals surface area contributed by atoms with E-state index in [9.17, 15) is 4.79 Å².